The number of ether oxygens (including phenoxy) is 2. The Morgan fingerprint density at radius 2 is 1.77 bits per heavy atom. The fourth-order valence-corrected chi connectivity index (χ4v) is 2.56. The Bertz CT molecular complexity index is 705. The van der Waals surface area contributed by atoms with Crippen LogP contribution in [0.15, 0.2) is 41.6 Å². The van der Waals surface area contributed by atoms with Gasteiger partial charge in [-0.05, 0) is 24.3 Å². The summed E-state index contributed by atoms with van der Waals surface area (Å²) in [5, 5.41) is 0.452. The molecule has 0 atom stereocenters. The highest BCUT2D eigenvalue weighted by atomic mass is 35.5. The number of rotatable bonds is 7. The molecule has 0 unspecified atom stereocenters. The molecule has 22 heavy (non-hydrogen) atoms. The van der Waals surface area contributed by atoms with Gasteiger partial charge in [0.05, 0.1) is 23.9 Å². The molecule has 7 nitrogen and oxygen atoms in total. The van der Waals surface area contributed by atoms with Crippen molar-refractivity contribution in [3.8, 4) is 5.75 Å². The van der Waals surface area contributed by atoms with Gasteiger partial charge in [0, 0.05) is 12.1 Å². The largest absolute Gasteiger partial charge is 0.488 e. The highest BCUT2D eigenvalue weighted by molar-refractivity contribution is 7.92. The summed E-state index contributed by atoms with van der Waals surface area (Å²) in [6.45, 7) is 0.792. The summed E-state index contributed by atoms with van der Waals surface area (Å²) in [5.41, 5.74) is 0. The van der Waals surface area contributed by atoms with Crippen LogP contribution in [0.2, 0.25) is 5.02 Å². The van der Waals surface area contributed by atoms with E-state index in [1.54, 1.807) is 7.11 Å². The van der Waals surface area contributed by atoms with Crippen molar-refractivity contribution in [2.45, 2.75) is 4.90 Å². The zero-order valence-electron chi connectivity index (χ0n) is 11.7. The van der Waals surface area contributed by atoms with E-state index in [0.29, 0.717) is 24.0 Å². The average Bonchev–Trinajstić information content (AvgIpc) is 2.49. The lowest BCUT2D eigenvalue weighted by molar-refractivity contribution is 0.146. The minimum absolute atomic E-state index is 0.0472. The van der Waals surface area contributed by atoms with Crippen molar-refractivity contribution in [3.05, 3.63) is 41.7 Å². The van der Waals surface area contributed by atoms with Crippen molar-refractivity contribution in [2.24, 2.45) is 0 Å². The molecule has 1 heterocycles. The van der Waals surface area contributed by atoms with Crippen molar-refractivity contribution in [1.29, 1.82) is 0 Å². The minimum Gasteiger partial charge on any atom is -0.488 e. The van der Waals surface area contributed by atoms with Gasteiger partial charge in [-0.25, -0.2) is 23.1 Å². The summed E-state index contributed by atoms with van der Waals surface area (Å²) in [5.74, 6) is 0.375. The lowest BCUT2D eigenvalue weighted by Crippen LogP contribution is -2.15. The van der Waals surface area contributed by atoms with Crippen molar-refractivity contribution in [3.63, 3.8) is 0 Å². The minimum atomic E-state index is -3.76. The Morgan fingerprint density at radius 1 is 1.14 bits per heavy atom. The first kappa shape index (κ1) is 16.5. The molecule has 1 aromatic carbocycles. The Morgan fingerprint density at radius 3 is 2.36 bits per heavy atom. The van der Waals surface area contributed by atoms with E-state index in [0.717, 1.165) is 0 Å². The molecule has 2 rings (SSSR count). The topological polar surface area (TPSA) is 90.4 Å². The molecule has 0 fully saturated rings. The molecule has 0 saturated carbocycles. The van der Waals surface area contributed by atoms with Crippen LogP contribution in [0, 0.1) is 0 Å². The fourth-order valence-electron chi connectivity index (χ4n) is 1.48. The Balaban J connectivity index is 2.05. The Labute approximate surface area is 133 Å². The number of anilines is 1. The van der Waals surface area contributed by atoms with Crippen molar-refractivity contribution in [2.75, 3.05) is 25.0 Å². The number of hydrogen-bond acceptors (Lipinski definition) is 6. The van der Waals surface area contributed by atoms with Crippen molar-refractivity contribution in [1.82, 2.24) is 9.97 Å². The van der Waals surface area contributed by atoms with Crippen LogP contribution in [-0.4, -0.2) is 38.7 Å². The lowest BCUT2D eigenvalue weighted by atomic mass is 10.4. The number of aromatic nitrogens is 2. The van der Waals surface area contributed by atoms with Crippen LogP contribution < -0.4 is 9.46 Å². The van der Waals surface area contributed by atoms with E-state index in [1.165, 1.54) is 36.7 Å². The van der Waals surface area contributed by atoms with Crippen LogP contribution in [-0.2, 0) is 14.8 Å². The van der Waals surface area contributed by atoms with Crippen molar-refractivity contribution >= 4 is 27.6 Å². The van der Waals surface area contributed by atoms with E-state index in [9.17, 15) is 8.42 Å². The molecule has 0 aliphatic heterocycles. The summed E-state index contributed by atoms with van der Waals surface area (Å²) in [4.78, 5) is 7.86. The number of halogens is 1. The first-order valence-electron chi connectivity index (χ1n) is 6.23. The molecule has 0 radical (unpaired) electrons. The van der Waals surface area contributed by atoms with Crippen LogP contribution in [0.5, 0.6) is 5.75 Å². The number of hydrogen-bond donors (Lipinski definition) is 1. The predicted octanol–water partition coefficient (Wildman–Crippen LogP) is 1.96. The van der Waals surface area contributed by atoms with Crippen LogP contribution in [0.25, 0.3) is 0 Å². The van der Waals surface area contributed by atoms with Gasteiger partial charge in [0.1, 0.15) is 6.61 Å². The molecule has 0 amide bonds. The summed E-state index contributed by atoms with van der Waals surface area (Å²) < 4.78 is 36.7. The zero-order valence-corrected chi connectivity index (χ0v) is 13.3. The number of nitrogens with zero attached hydrogens (tertiary/aromatic N) is 2. The van der Waals surface area contributed by atoms with E-state index in [2.05, 4.69) is 14.7 Å². The number of methoxy groups -OCH3 is 1. The maximum atomic E-state index is 12.1. The molecule has 118 valence electrons. The van der Waals surface area contributed by atoms with Gasteiger partial charge in [-0.3, -0.25) is 0 Å². The molecule has 9 heteroatoms. The van der Waals surface area contributed by atoms with Gasteiger partial charge in [-0.2, -0.15) is 0 Å². The second-order valence-corrected chi connectivity index (χ2v) is 6.26. The average molecular weight is 344 g/mol. The van der Waals surface area contributed by atoms with Crippen LogP contribution in [0.3, 0.4) is 0 Å². The Kier molecular flexibility index (Phi) is 5.53. The van der Waals surface area contributed by atoms with E-state index < -0.39 is 10.0 Å². The molecule has 0 bridgehead atoms. The van der Waals surface area contributed by atoms with E-state index in [1.807, 2.05) is 0 Å². The first-order chi connectivity index (χ1) is 10.5. The van der Waals surface area contributed by atoms with Gasteiger partial charge in [0.25, 0.3) is 10.0 Å². The van der Waals surface area contributed by atoms with E-state index >= 15 is 0 Å². The molecule has 2 aromatic rings. The first-order valence-corrected chi connectivity index (χ1v) is 8.09. The van der Waals surface area contributed by atoms with Crippen LogP contribution >= 0.6 is 11.6 Å². The number of sulfonamides is 1. The molecule has 0 aliphatic rings. The van der Waals surface area contributed by atoms with Crippen molar-refractivity contribution < 1.29 is 17.9 Å². The third kappa shape index (κ3) is 4.55. The second kappa shape index (κ2) is 7.39. The highest BCUT2D eigenvalue weighted by Gasteiger charge is 2.15. The van der Waals surface area contributed by atoms with E-state index in [-0.39, 0.29) is 10.8 Å². The summed E-state index contributed by atoms with van der Waals surface area (Å²) in [6, 6.07) is 5.77. The third-order valence-electron chi connectivity index (χ3n) is 2.53. The third-order valence-corrected chi connectivity index (χ3v) is 4.13. The maximum Gasteiger partial charge on any atom is 0.264 e. The highest BCUT2D eigenvalue weighted by Crippen LogP contribution is 2.17. The SMILES string of the molecule is COCCOc1cnc(NS(=O)(=O)c2ccc(Cl)cc2)nc1. The zero-order chi connectivity index (χ0) is 16.0. The number of nitrogens with one attached hydrogen (secondary N) is 1. The van der Waals surface area contributed by atoms with Crippen LogP contribution in [0.4, 0.5) is 5.95 Å². The molecule has 1 aromatic heterocycles. The van der Waals surface area contributed by atoms with Gasteiger partial charge >= 0.3 is 0 Å². The summed E-state index contributed by atoms with van der Waals surface area (Å²) in [7, 11) is -2.19. The normalized spacial score (nSPS) is 11.2. The summed E-state index contributed by atoms with van der Waals surface area (Å²) >= 11 is 5.73. The number of benzene rings is 1. The maximum absolute atomic E-state index is 12.1. The molecule has 0 spiro atoms. The smallest absolute Gasteiger partial charge is 0.264 e. The van der Waals surface area contributed by atoms with E-state index in [4.69, 9.17) is 21.1 Å². The van der Waals surface area contributed by atoms with Gasteiger partial charge in [0.2, 0.25) is 5.95 Å². The fraction of sp³-hybridized carbons (Fsp3) is 0.231. The lowest BCUT2D eigenvalue weighted by Gasteiger charge is -2.08. The van der Waals surface area contributed by atoms with Gasteiger partial charge < -0.3 is 9.47 Å². The molecule has 1 N–H and O–H groups in total. The summed E-state index contributed by atoms with van der Waals surface area (Å²) in [6.07, 6.45) is 2.75. The standard InChI is InChI=1S/C13H14ClN3O4S/c1-20-6-7-21-11-8-15-13(16-9-11)17-22(18,19)12-4-2-10(14)3-5-12/h2-5,8-9H,6-7H2,1H3,(H,15,16,17). The second-order valence-electron chi connectivity index (χ2n) is 4.14. The predicted molar refractivity (Wildman–Crippen MR) is 81.7 cm³/mol. The monoisotopic (exact) mass is 343 g/mol. The van der Waals surface area contributed by atoms with Crippen LogP contribution in [0.1, 0.15) is 0 Å². The quantitative estimate of drug-likeness (QED) is 0.773. The molecular weight excluding hydrogens is 330 g/mol. The molecular formula is C13H14ClN3O4S. The van der Waals surface area contributed by atoms with Gasteiger partial charge in [-0.1, -0.05) is 11.6 Å². The molecule has 0 aliphatic carbocycles. The Hall–Kier alpha value is -1.90. The van der Waals surface area contributed by atoms with Gasteiger partial charge in [0.15, 0.2) is 5.75 Å². The van der Waals surface area contributed by atoms with Gasteiger partial charge in [-0.15, -0.1) is 0 Å². The molecule has 0 saturated heterocycles.